The van der Waals surface area contributed by atoms with Crippen molar-refractivity contribution in [3.63, 3.8) is 0 Å². The van der Waals surface area contributed by atoms with Crippen LogP contribution < -0.4 is 5.32 Å². The molecule has 2 amide bonds. The number of hydrogen-bond acceptors (Lipinski definition) is 2. The molecule has 1 heterocycles. The van der Waals surface area contributed by atoms with Crippen LogP contribution in [0.4, 0.5) is 10.1 Å². The van der Waals surface area contributed by atoms with Crippen LogP contribution in [-0.2, 0) is 9.59 Å². The molecule has 152 valence electrons. The first kappa shape index (κ1) is 19.6. The minimum absolute atomic E-state index is 0.0369. The highest BCUT2D eigenvalue weighted by Crippen LogP contribution is 2.29. The van der Waals surface area contributed by atoms with Gasteiger partial charge in [-0.2, -0.15) is 0 Å². The Hall–Kier alpha value is -2.69. The maximum Gasteiger partial charge on any atom is 0.229 e. The second-order valence-electron chi connectivity index (χ2n) is 8.18. The van der Waals surface area contributed by atoms with Crippen LogP contribution in [0.3, 0.4) is 0 Å². The Labute approximate surface area is 171 Å². The average Bonchev–Trinajstić information content (AvgIpc) is 3.29. The normalized spacial score (nSPS) is 19.9. The van der Waals surface area contributed by atoms with Crippen LogP contribution in [0.2, 0.25) is 0 Å². The number of anilines is 1. The van der Waals surface area contributed by atoms with E-state index in [1.807, 2.05) is 29.2 Å². The molecule has 1 aliphatic heterocycles. The minimum Gasteiger partial charge on any atom is -0.342 e. The molecule has 0 spiro atoms. The Kier molecular flexibility index (Phi) is 5.93. The summed E-state index contributed by atoms with van der Waals surface area (Å²) in [5.74, 6) is -0.0940. The van der Waals surface area contributed by atoms with Crippen molar-refractivity contribution < 1.29 is 14.0 Å². The number of piperidine rings is 1. The molecule has 1 aliphatic carbocycles. The van der Waals surface area contributed by atoms with Crippen molar-refractivity contribution in [2.45, 2.75) is 38.5 Å². The second kappa shape index (κ2) is 8.76. The van der Waals surface area contributed by atoms with Crippen LogP contribution in [0.1, 0.15) is 38.5 Å². The number of amides is 2. The third-order valence-electron chi connectivity index (χ3n) is 6.12. The molecule has 4 rings (SSSR count). The van der Waals surface area contributed by atoms with Gasteiger partial charge in [-0.3, -0.25) is 9.59 Å². The van der Waals surface area contributed by atoms with Crippen molar-refractivity contribution in [3.05, 3.63) is 54.3 Å². The van der Waals surface area contributed by atoms with E-state index >= 15 is 0 Å². The van der Waals surface area contributed by atoms with Gasteiger partial charge in [0, 0.05) is 24.7 Å². The molecule has 1 atom stereocenters. The first-order valence-corrected chi connectivity index (χ1v) is 10.6. The number of rotatable bonds is 4. The van der Waals surface area contributed by atoms with E-state index in [0.717, 1.165) is 61.9 Å². The fraction of sp³-hybridized carbons (Fsp3) is 0.417. The third kappa shape index (κ3) is 4.66. The summed E-state index contributed by atoms with van der Waals surface area (Å²) in [5.41, 5.74) is 2.54. The van der Waals surface area contributed by atoms with Gasteiger partial charge < -0.3 is 10.2 Å². The van der Waals surface area contributed by atoms with Crippen molar-refractivity contribution in [2.24, 2.45) is 11.8 Å². The van der Waals surface area contributed by atoms with Crippen molar-refractivity contribution in [1.29, 1.82) is 0 Å². The fourth-order valence-corrected chi connectivity index (χ4v) is 4.49. The van der Waals surface area contributed by atoms with E-state index in [-0.39, 0.29) is 29.5 Å². The van der Waals surface area contributed by atoms with E-state index in [9.17, 15) is 14.0 Å². The number of hydrogen-bond donors (Lipinski definition) is 1. The summed E-state index contributed by atoms with van der Waals surface area (Å²) in [4.78, 5) is 27.5. The molecule has 1 saturated heterocycles. The minimum atomic E-state index is -0.271. The van der Waals surface area contributed by atoms with Gasteiger partial charge in [0.2, 0.25) is 11.8 Å². The molecular formula is C24H27FN2O2. The summed E-state index contributed by atoms with van der Waals surface area (Å²) in [7, 11) is 0. The number of benzene rings is 2. The molecule has 0 bridgehead atoms. The largest absolute Gasteiger partial charge is 0.342 e. The molecule has 4 nitrogen and oxygen atoms in total. The van der Waals surface area contributed by atoms with E-state index in [4.69, 9.17) is 0 Å². The second-order valence-corrected chi connectivity index (χ2v) is 8.18. The predicted octanol–water partition coefficient (Wildman–Crippen LogP) is 4.86. The van der Waals surface area contributed by atoms with Gasteiger partial charge in [0.25, 0.3) is 0 Å². The molecule has 1 saturated carbocycles. The number of carbonyl (C=O) groups is 2. The van der Waals surface area contributed by atoms with Crippen LogP contribution in [0.25, 0.3) is 11.1 Å². The van der Waals surface area contributed by atoms with Gasteiger partial charge in [-0.1, -0.05) is 37.1 Å². The zero-order chi connectivity index (χ0) is 20.2. The first-order valence-electron chi connectivity index (χ1n) is 10.6. The molecule has 2 aliphatic rings. The molecule has 0 radical (unpaired) electrons. The highest BCUT2D eigenvalue weighted by molar-refractivity contribution is 5.94. The highest BCUT2D eigenvalue weighted by atomic mass is 19.1. The van der Waals surface area contributed by atoms with Gasteiger partial charge in [-0.05, 0) is 61.1 Å². The summed E-state index contributed by atoms with van der Waals surface area (Å²) in [6, 6.07) is 13.9. The van der Waals surface area contributed by atoms with Crippen LogP contribution in [0.15, 0.2) is 48.5 Å². The highest BCUT2D eigenvalue weighted by Gasteiger charge is 2.32. The maximum absolute atomic E-state index is 13.2. The summed E-state index contributed by atoms with van der Waals surface area (Å²) < 4.78 is 13.2. The van der Waals surface area contributed by atoms with Gasteiger partial charge in [0.05, 0.1) is 5.92 Å². The lowest BCUT2D eigenvalue weighted by Gasteiger charge is -2.33. The summed E-state index contributed by atoms with van der Waals surface area (Å²) in [6.45, 7) is 1.28. The zero-order valence-electron chi connectivity index (χ0n) is 16.6. The lowest BCUT2D eigenvalue weighted by molar-refractivity contribution is -0.138. The van der Waals surface area contributed by atoms with E-state index in [2.05, 4.69) is 5.32 Å². The van der Waals surface area contributed by atoms with Gasteiger partial charge in [-0.15, -0.1) is 0 Å². The molecule has 2 aromatic carbocycles. The molecule has 2 aromatic rings. The molecule has 2 fully saturated rings. The number of likely N-dealkylation sites (tertiary alicyclic amines) is 1. The lowest BCUT2D eigenvalue weighted by Crippen LogP contribution is -2.45. The van der Waals surface area contributed by atoms with E-state index in [1.165, 1.54) is 12.1 Å². The van der Waals surface area contributed by atoms with Crippen molar-refractivity contribution in [2.75, 3.05) is 18.4 Å². The molecule has 5 heteroatoms. The smallest absolute Gasteiger partial charge is 0.229 e. The SMILES string of the molecule is O=C(Nc1cccc(-c2ccc(F)cc2)c1)[C@H]1CCCN(C(=O)C2CCCC2)C1. The van der Waals surface area contributed by atoms with Crippen LogP contribution >= 0.6 is 0 Å². The summed E-state index contributed by atoms with van der Waals surface area (Å²) in [5, 5.41) is 3.01. The van der Waals surface area contributed by atoms with Gasteiger partial charge in [-0.25, -0.2) is 4.39 Å². The van der Waals surface area contributed by atoms with E-state index in [0.29, 0.717) is 6.54 Å². The molecule has 1 N–H and O–H groups in total. The van der Waals surface area contributed by atoms with Gasteiger partial charge in [0.1, 0.15) is 5.82 Å². The van der Waals surface area contributed by atoms with Crippen molar-refractivity contribution in [3.8, 4) is 11.1 Å². The first-order chi connectivity index (χ1) is 14.1. The van der Waals surface area contributed by atoms with E-state index < -0.39 is 0 Å². The van der Waals surface area contributed by atoms with Crippen LogP contribution in [-0.4, -0.2) is 29.8 Å². The maximum atomic E-state index is 13.2. The molecule has 29 heavy (non-hydrogen) atoms. The Morgan fingerprint density at radius 1 is 0.897 bits per heavy atom. The Morgan fingerprint density at radius 2 is 1.62 bits per heavy atom. The number of carbonyl (C=O) groups excluding carboxylic acids is 2. The van der Waals surface area contributed by atoms with Gasteiger partial charge >= 0.3 is 0 Å². The average molecular weight is 394 g/mol. The Balaban J connectivity index is 1.40. The van der Waals surface area contributed by atoms with Crippen molar-refractivity contribution >= 4 is 17.5 Å². The monoisotopic (exact) mass is 394 g/mol. The third-order valence-corrected chi connectivity index (χ3v) is 6.12. The lowest BCUT2D eigenvalue weighted by atomic mass is 9.95. The fourth-order valence-electron chi connectivity index (χ4n) is 4.49. The van der Waals surface area contributed by atoms with Crippen molar-refractivity contribution in [1.82, 2.24) is 4.90 Å². The number of halogens is 1. The van der Waals surface area contributed by atoms with E-state index in [1.54, 1.807) is 12.1 Å². The number of nitrogens with one attached hydrogen (secondary N) is 1. The van der Waals surface area contributed by atoms with Crippen LogP contribution in [0, 0.1) is 17.7 Å². The quantitative estimate of drug-likeness (QED) is 0.805. The summed E-state index contributed by atoms with van der Waals surface area (Å²) in [6.07, 6.45) is 5.92. The summed E-state index contributed by atoms with van der Waals surface area (Å²) >= 11 is 0. The number of nitrogens with zero attached hydrogens (tertiary/aromatic N) is 1. The Morgan fingerprint density at radius 3 is 2.38 bits per heavy atom. The standard InChI is InChI=1S/C24H27FN2O2/c25-21-12-10-17(11-13-21)19-7-3-9-22(15-19)26-23(28)20-8-4-14-27(16-20)24(29)18-5-1-2-6-18/h3,7,9-13,15,18,20H,1-2,4-6,8,14,16H2,(H,26,28)/t20-/m0/s1. The molecular weight excluding hydrogens is 367 g/mol. The van der Waals surface area contributed by atoms with Gasteiger partial charge in [0.15, 0.2) is 0 Å². The van der Waals surface area contributed by atoms with Crippen LogP contribution in [0.5, 0.6) is 0 Å². The molecule has 0 unspecified atom stereocenters. The zero-order valence-corrected chi connectivity index (χ0v) is 16.6. The molecule has 0 aromatic heterocycles. The topological polar surface area (TPSA) is 49.4 Å². The predicted molar refractivity (Wildman–Crippen MR) is 112 cm³/mol. The Bertz CT molecular complexity index is 875.